The first kappa shape index (κ1) is 65.7. The van der Waals surface area contributed by atoms with Crippen LogP contribution in [0.3, 0.4) is 0 Å². The van der Waals surface area contributed by atoms with Gasteiger partial charge in [-0.1, -0.05) is 24.6 Å². The number of benzene rings is 3. The van der Waals surface area contributed by atoms with Crippen LogP contribution in [0.15, 0.2) is 53.5 Å². The zero-order chi connectivity index (χ0) is 64.4. The number of fused-ring (bicyclic) bond motifs is 3. The molecule has 0 aromatic heterocycles. The van der Waals surface area contributed by atoms with Crippen LogP contribution in [-0.4, -0.2) is 225 Å². The third-order valence-electron chi connectivity index (χ3n) is 17.0. The van der Waals surface area contributed by atoms with Crippen molar-refractivity contribution < 1.29 is 105 Å². The molecule has 4 aliphatic heterocycles. The number of morpholine rings is 1. The molecule has 3 aromatic rings. The second-order valence-electron chi connectivity index (χ2n) is 22.6. The van der Waals surface area contributed by atoms with Crippen LogP contribution < -0.4 is 10.1 Å². The van der Waals surface area contributed by atoms with Crippen LogP contribution in [-0.2, 0) is 65.9 Å². The normalized spacial score (nSPS) is 24.9. The second-order valence-corrected chi connectivity index (χ2v) is 24.1. The van der Waals surface area contributed by atoms with E-state index in [1.165, 1.54) is 38.5 Å². The Hall–Kier alpha value is -7.78. The molecule has 1 unspecified atom stereocenters. The van der Waals surface area contributed by atoms with Gasteiger partial charge in [-0.05, 0) is 50.3 Å². The number of imide groups is 1. The number of carbonyl (C=O) groups is 8. The average Bonchev–Trinajstić information content (AvgIpc) is 1.40. The highest BCUT2D eigenvalue weighted by Gasteiger charge is 2.51. The number of carbonyl (C=O) groups excluding carboxylic acids is 8. The van der Waals surface area contributed by atoms with Gasteiger partial charge in [0.15, 0.2) is 29.9 Å². The van der Waals surface area contributed by atoms with Gasteiger partial charge < -0.3 is 59.4 Å². The van der Waals surface area contributed by atoms with E-state index in [4.69, 9.17) is 23.7 Å². The van der Waals surface area contributed by atoms with E-state index in [9.17, 15) is 87.0 Å². The molecule has 9 rings (SSSR count). The lowest BCUT2D eigenvalue weighted by molar-refractivity contribution is -0.385. The van der Waals surface area contributed by atoms with Crippen LogP contribution in [0.4, 0.5) is 5.69 Å². The molecule has 0 spiro atoms. The standard InChI is InChI=1S/C59H68N6O23S/c1-30-53(72)38(62-19-20-86-48(27-62)85-3)23-47(87-30)88-42-25-59(78,24-34-50(42)57(76)52-51(55(34)74)54(73)33-9-7-11-41(84-2)49(33)56(52)75)43(28-66)60-26-40(68)32-14-13-31(21-37(32)65(79)80)22-39(67)36-10-8-18-63(36)58(77)35(29-89(81,82)83)61-44(69)12-5-4-6-17-64-45(70)15-16-46(64)71/h7,9,11,13-16,21,30,35-36,38,42,47-48,53,66,72,74,76,78H,4-6,8,10,12,17-20,22-29H2,1-3H3,(H,61,69)(H,81,82,83)/t30-,35-,36+,38?,42+,47-,48+,53+,59+/m0/s1. The summed E-state index contributed by atoms with van der Waals surface area (Å²) in [7, 11) is -2.13. The molecule has 4 amide bonds. The Balaban J connectivity index is 0.933. The molecular weight excluding hydrogens is 1190 g/mol. The minimum Gasteiger partial charge on any atom is -0.507 e. The summed E-state index contributed by atoms with van der Waals surface area (Å²) in [6, 6.07) is 3.82. The molecule has 9 atom stereocenters. The number of nitro benzene ring substituents is 1. The molecule has 0 radical (unpaired) electrons. The van der Waals surface area contributed by atoms with Crippen molar-refractivity contribution in [2.75, 3.05) is 65.9 Å². The fraction of sp³-hybridized carbons (Fsp3) is 0.508. The van der Waals surface area contributed by atoms with Crippen LogP contribution in [0.25, 0.3) is 0 Å². The van der Waals surface area contributed by atoms with Crippen LogP contribution in [0.2, 0.25) is 0 Å². The molecule has 4 heterocycles. The number of ketones is 4. The molecule has 3 saturated heterocycles. The molecule has 89 heavy (non-hydrogen) atoms. The maximum Gasteiger partial charge on any atom is 0.280 e. The Morgan fingerprint density at radius 3 is 2.38 bits per heavy atom. The van der Waals surface area contributed by atoms with E-state index < -0.39 is 194 Å². The zero-order valence-corrected chi connectivity index (χ0v) is 49.5. The largest absolute Gasteiger partial charge is 0.507 e. The third kappa shape index (κ3) is 13.9. The summed E-state index contributed by atoms with van der Waals surface area (Å²) in [4.78, 5) is 127. The van der Waals surface area contributed by atoms with Crippen molar-refractivity contribution in [1.29, 1.82) is 0 Å². The van der Waals surface area contributed by atoms with Crippen LogP contribution in [0.5, 0.6) is 17.2 Å². The minimum atomic E-state index is -4.88. The van der Waals surface area contributed by atoms with Crippen LogP contribution in [0, 0.1) is 10.1 Å². The fourth-order valence-electron chi connectivity index (χ4n) is 12.6. The van der Waals surface area contributed by atoms with E-state index in [0.717, 1.165) is 34.1 Å². The van der Waals surface area contributed by atoms with E-state index in [1.807, 2.05) is 4.90 Å². The molecule has 2 aliphatic carbocycles. The van der Waals surface area contributed by atoms with Gasteiger partial charge in [-0.3, -0.25) is 67.8 Å². The number of nitrogens with zero attached hydrogens (tertiary/aromatic N) is 5. The number of ether oxygens (including phenoxy) is 5. The summed E-state index contributed by atoms with van der Waals surface area (Å²) in [6.07, 6.45) is -3.89. The first-order chi connectivity index (χ1) is 42.3. The number of aliphatic imine (C=N–C) groups is 1. The Kier molecular flexibility index (Phi) is 20.0. The number of methoxy groups -OCH3 is 2. The van der Waals surface area contributed by atoms with Gasteiger partial charge >= 0.3 is 0 Å². The highest BCUT2D eigenvalue weighted by molar-refractivity contribution is 7.85. The van der Waals surface area contributed by atoms with E-state index >= 15 is 0 Å². The number of aliphatic hydroxyl groups is 3. The lowest BCUT2D eigenvalue weighted by Gasteiger charge is -2.47. The minimum absolute atomic E-state index is 0.00279. The summed E-state index contributed by atoms with van der Waals surface area (Å²) in [5.41, 5.74) is -6.29. The summed E-state index contributed by atoms with van der Waals surface area (Å²) in [5.74, 6) is -8.94. The zero-order valence-electron chi connectivity index (χ0n) is 48.7. The average molecular weight is 1260 g/mol. The van der Waals surface area contributed by atoms with E-state index in [1.54, 1.807) is 6.92 Å². The lowest BCUT2D eigenvalue weighted by atomic mass is 9.71. The van der Waals surface area contributed by atoms with Gasteiger partial charge in [0.2, 0.25) is 17.6 Å². The van der Waals surface area contributed by atoms with E-state index in [2.05, 4.69) is 10.3 Å². The highest BCUT2D eigenvalue weighted by atomic mass is 32.2. The number of Topliss-reactive ketones (excluding diaryl/α,β-unsaturated/α-hetero) is 2. The van der Waals surface area contributed by atoms with Crippen molar-refractivity contribution in [1.82, 2.24) is 20.0 Å². The second kappa shape index (κ2) is 27.1. The molecule has 6 aliphatic rings. The molecule has 7 N–H and O–H groups in total. The Morgan fingerprint density at radius 2 is 1.70 bits per heavy atom. The molecule has 3 fully saturated rings. The van der Waals surface area contributed by atoms with Crippen LogP contribution >= 0.6 is 0 Å². The summed E-state index contributed by atoms with van der Waals surface area (Å²) < 4.78 is 63.1. The number of aromatic hydroxyl groups is 2. The van der Waals surface area contributed by atoms with Crippen molar-refractivity contribution in [3.63, 3.8) is 0 Å². The first-order valence-corrected chi connectivity index (χ1v) is 30.4. The maximum atomic E-state index is 14.4. The molecular formula is C59H68N6O23S. The number of nitrogens with one attached hydrogen (secondary N) is 1. The van der Waals surface area contributed by atoms with Gasteiger partial charge in [0.25, 0.3) is 27.6 Å². The number of nitro groups is 1. The smallest absolute Gasteiger partial charge is 0.280 e. The number of hydrogen-bond donors (Lipinski definition) is 7. The summed E-state index contributed by atoms with van der Waals surface area (Å²) in [6.45, 7) is 0.535. The van der Waals surface area contributed by atoms with Gasteiger partial charge in [0.1, 0.15) is 41.2 Å². The third-order valence-corrected chi connectivity index (χ3v) is 17.8. The first-order valence-electron chi connectivity index (χ1n) is 28.8. The van der Waals surface area contributed by atoms with Crippen molar-refractivity contribution in [3.05, 3.63) is 103 Å². The van der Waals surface area contributed by atoms with Crippen LogP contribution in [0.1, 0.15) is 123 Å². The Bertz CT molecular complexity index is 3540. The number of hydrogen-bond acceptors (Lipinski definition) is 24. The van der Waals surface area contributed by atoms with E-state index in [0.29, 0.717) is 19.4 Å². The predicted molar refractivity (Wildman–Crippen MR) is 307 cm³/mol. The summed E-state index contributed by atoms with van der Waals surface area (Å²) >= 11 is 0. The van der Waals surface area contributed by atoms with Crippen molar-refractivity contribution in [2.45, 2.75) is 126 Å². The van der Waals surface area contributed by atoms with Gasteiger partial charge in [-0.25, -0.2) is 0 Å². The molecule has 478 valence electrons. The summed E-state index contributed by atoms with van der Waals surface area (Å²) in [5, 5.41) is 74.5. The number of rotatable bonds is 24. The van der Waals surface area contributed by atoms with Gasteiger partial charge in [0, 0.05) is 106 Å². The van der Waals surface area contributed by atoms with Crippen molar-refractivity contribution >= 4 is 68.3 Å². The Labute approximate surface area is 509 Å². The van der Waals surface area contributed by atoms with Gasteiger partial charge in [0.05, 0.1) is 77.6 Å². The molecule has 3 aromatic carbocycles. The van der Waals surface area contributed by atoms with Gasteiger partial charge in [-0.2, -0.15) is 8.42 Å². The number of aliphatic hydroxyl groups excluding tert-OH is 2. The number of unbranched alkanes of at least 4 members (excludes halogenated alkanes) is 2. The SMILES string of the molecule is COc1cccc2c1C(=O)c1c(O)c3c(c(O)c1C2=O)C[C@](O)(C(CO)=NCC(=O)c1ccc(CC(=O)[C@H]2CCCN2C(=O)[C@H](CS(=O)(=O)O)NC(=O)CCCCCN2C(=O)C=CC2=O)cc1[N+](=O)[O-])C[C@H]3O[C@H]1CC(N2CCO[C@@H](OC)C2)[C@H](O)[C@H](C)O1. The van der Waals surface area contributed by atoms with Crippen molar-refractivity contribution in [2.24, 2.45) is 4.99 Å². The number of phenolic OH excluding ortho intramolecular Hbond substituents is 2. The number of likely N-dealkylation sites (tertiary alicyclic amines) is 1. The topological polar surface area (TPSA) is 415 Å². The lowest BCUT2D eigenvalue weighted by Crippen LogP contribution is -2.59. The molecule has 29 nitrogen and oxygen atoms in total. The maximum absolute atomic E-state index is 14.4. The van der Waals surface area contributed by atoms with E-state index in [-0.39, 0.29) is 91.9 Å². The quantitative estimate of drug-likeness (QED) is 0.00751. The molecule has 0 saturated carbocycles. The fourth-order valence-corrected chi connectivity index (χ4v) is 13.2. The predicted octanol–water partition coefficient (Wildman–Crippen LogP) is 0.971. The molecule has 0 bridgehead atoms. The number of amides is 4. The molecule has 30 heteroatoms. The highest BCUT2D eigenvalue weighted by Crippen LogP contribution is 2.53. The number of phenols is 2. The van der Waals surface area contributed by atoms with Gasteiger partial charge in [-0.15, -0.1) is 0 Å². The van der Waals surface area contributed by atoms with Crippen molar-refractivity contribution in [3.8, 4) is 17.2 Å². The monoisotopic (exact) mass is 1260 g/mol. The Morgan fingerprint density at radius 1 is 0.966 bits per heavy atom.